The summed E-state index contributed by atoms with van der Waals surface area (Å²) in [5.74, 6) is 0. The molecule has 51 heavy (non-hydrogen) atoms. The monoisotopic (exact) mass is 685 g/mol. The highest BCUT2D eigenvalue weighted by Gasteiger charge is 2.39. The molecule has 0 aliphatic carbocycles. The van der Waals surface area contributed by atoms with Crippen molar-refractivity contribution in [3.05, 3.63) is 176 Å². The Bertz CT molecular complexity index is 2780. The van der Waals surface area contributed by atoms with Crippen molar-refractivity contribution in [2.45, 2.75) is 13.1 Å². The molecular weight excluding hydrogens is 651 g/mol. The summed E-state index contributed by atoms with van der Waals surface area (Å²) in [6.45, 7) is 5.06. The highest BCUT2D eigenvalue weighted by atomic mass is 32.1. The molecule has 1 nitrogen and oxygen atoms in total. The van der Waals surface area contributed by atoms with Gasteiger partial charge in [-0.1, -0.05) is 134 Å². The molecule has 2 heterocycles. The van der Waals surface area contributed by atoms with Gasteiger partial charge in [-0.3, -0.25) is 0 Å². The maximum Gasteiger partial charge on any atom is 0.113 e. The van der Waals surface area contributed by atoms with Gasteiger partial charge in [0.25, 0.3) is 0 Å². The lowest BCUT2D eigenvalue weighted by atomic mass is 9.98. The third-order valence-corrected chi connectivity index (χ3v) is 15.5. The van der Waals surface area contributed by atoms with E-state index in [1.807, 2.05) is 11.3 Å². The molecule has 242 valence electrons. The topological polar surface area (TPSA) is 3.24 Å². The summed E-state index contributed by atoms with van der Waals surface area (Å²) in [6.07, 6.45) is 0. The number of fused-ring (bicyclic) bond motifs is 8. The molecule has 0 saturated carbocycles. The summed E-state index contributed by atoms with van der Waals surface area (Å²) in [6, 6.07) is 65.1. The summed E-state index contributed by atoms with van der Waals surface area (Å²) >= 11 is 1.91. The van der Waals surface area contributed by atoms with Crippen molar-refractivity contribution in [2.75, 3.05) is 4.90 Å². The number of thiophene rings is 1. The fourth-order valence-electron chi connectivity index (χ4n) is 8.24. The molecule has 0 atom stereocenters. The van der Waals surface area contributed by atoms with Gasteiger partial charge in [0.1, 0.15) is 8.07 Å². The van der Waals surface area contributed by atoms with Crippen LogP contribution in [0.2, 0.25) is 13.1 Å². The van der Waals surface area contributed by atoms with Gasteiger partial charge in [-0.05, 0) is 109 Å². The second-order valence-electron chi connectivity index (χ2n) is 14.2. The van der Waals surface area contributed by atoms with E-state index in [4.69, 9.17) is 0 Å². The van der Waals surface area contributed by atoms with Crippen LogP contribution >= 0.6 is 11.3 Å². The molecule has 1 aliphatic heterocycles. The van der Waals surface area contributed by atoms with Crippen molar-refractivity contribution in [3.63, 3.8) is 0 Å². The van der Waals surface area contributed by atoms with Crippen molar-refractivity contribution in [2.24, 2.45) is 0 Å². The quantitative estimate of drug-likeness (QED) is 0.163. The molecule has 0 spiro atoms. The molecule has 8 aromatic carbocycles. The van der Waals surface area contributed by atoms with Crippen molar-refractivity contribution >= 4 is 77.8 Å². The molecule has 0 fully saturated rings. The number of hydrogen-bond donors (Lipinski definition) is 0. The van der Waals surface area contributed by atoms with Crippen molar-refractivity contribution < 1.29 is 0 Å². The first-order chi connectivity index (χ1) is 25.0. The Morgan fingerprint density at radius 3 is 1.96 bits per heavy atom. The highest BCUT2D eigenvalue weighted by molar-refractivity contribution is 7.26. The zero-order valence-electron chi connectivity index (χ0n) is 28.6. The van der Waals surface area contributed by atoms with E-state index in [1.165, 1.54) is 75.2 Å². The number of nitrogens with zero attached hydrogens (tertiary/aromatic N) is 1. The van der Waals surface area contributed by atoms with Gasteiger partial charge in [0.2, 0.25) is 0 Å². The standard InChI is InChI=1S/C48H35NSSi/c1-51(2)45-28-27-44-47(41-17-8-9-18-43(41)50-44)48(45)42-26-25-40(31-46(42)51)49(39-16-10-15-36(30-39)32-11-4-3-5-12-32)38-23-21-34(22-24-38)37-20-19-33-13-6-7-14-35(33)29-37/h3-31H,1-2H3. The zero-order valence-corrected chi connectivity index (χ0v) is 30.4. The first-order valence-electron chi connectivity index (χ1n) is 17.7. The van der Waals surface area contributed by atoms with Gasteiger partial charge in [-0.2, -0.15) is 0 Å². The fraction of sp³-hybridized carbons (Fsp3) is 0.0417. The van der Waals surface area contributed by atoms with E-state index in [0.29, 0.717) is 0 Å². The number of rotatable bonds is 5. The van der Waals surface area contributed by atoms with Crippen LogP contribution in [0.1, 0.15) is 0 Å². The van der Waals surface area contributed by atoms with Crippen LogP contribution in [-0.2, 0) is 0 Å². The van der Waals surface area contributed by atoms with E-state index < -0.39 is 8.07 Å². The summed E-state index contributed by atoms with van der Waals surface area (Å²) in [5, 5.41) is 8.38. The largest absolute Gasteiger partial charge is 0.310 e. The summed E-state index contributed by atoms with van der Waals surface area (Å²) < 4.78 is 2.74. The molecule has 1 aromatic heterocycles. The maximum atomic E-state index is 2.53. The Labute approximate surface area is 303 Å². The molecule has 9 aromatic rings. The van der Waals surface area contributed by atoms with E-state index >= 15 is 0 Å². The van der Waals surface area contributed by atoms with Crippen LogP contribution in [0, 0.1) is 0 Å². The molecule has 0 saturated heterocycles. The van der Waals surface area contributed by atoms with Gasteiger partial charge >= 0.3 is 0 Å². The van der Waals surface area contributed by atoms with Crippen molar-refractivity contribution in [1.29, 1.82) is 0 Å². The molecule has 0 radical (unpaired) electrons. The van der Waals surface area contributed by atoms with Crippen LogP contribution in [0.3, 0.4) is 0 Å². The van der Waals surface area contributed by atoms with E-state index in [0.717, 1.165) is 11.4 Å². The third kappa shape index (κ3) is 4.88. The minimum Gasteiger partial charge on any atom is -0.310 e. The Balaban J connectivity index is 1.13. The van der Waals surface area contributed by atoms with E-state index in [9.17, 15) is 0 Å². The van der Waals surface area contributed by atoms with Gasteiger partial charge in [0, 0.05) is 37.2 Å². The molecule has 10 rings (SSSR count). The van der Waals surface area contributed by atoms with Crippen LogP contribution in [0.4, 0.5) is 17.1 Å². The Kier molecular flexibility index (Phi) is 6.89. The normalized spacial score (nSPS) is 13.1. The second-order valence-corrected chi connectivity index (χ2v) is 19.6. The lowest BCUT2D eigenvalue weighted by molar-refractivity contribution is 1.29. The first kappa shape index (κ1) is 30.1. The van der Waals surface area contributed by atoms with Gasteiger partial charge in [0.15, 0.2) is 0 Å². The zero-order chi connectivity index (χ0) is 34.1. The van der Waals surface area contributed by atoms with Crippen LogP contribution in [-0.4, -0.2) is 8.07 Å². The average molecular weight is 686 g/mol. The Morgan fingerprint density at radius 2 is 1.10 bits per heavy atom. The molecule has 0 amide bonds. The van der Waals surface area contributed by atoms with E-state index in [2.05, 4.69) is 194 Å². The fourth-order valence-corrected chi connectivity index (χ4v) is 12.4. The van der Waals surface area contributed by atoms with E-state index in [-0.39, 0.29) is 0 Å². The van der Waals surface area contributed by atoms with Crippen LogP contribution in [0.25, 0.3) is 64.3 Å². The predicted molar refractivity (Wildman–Crippen MR) is 225 cm³/mol. The Hall–Kier alpha value is -5.74. The summed E-state index contributed by atoms with van der Waals surface area (Å²) in [7, 11) is -2.00. The minimum absolute atomic E-state index is 1.14. The lowest BCUT2D eigenvalue weighted by Gasteiger charge is -2.28. The van der Waals surface area contributed by atoms with Crippen molar-refractivity contribution in [3.8, 4) is 33.4 Å². The van der Waals surface area contributed by atoms with Crippen LogP contribution in [0.5, 0.6) is 0 Å². The Morgan fingerprint density at radius 1 is 0.431 bits per heavy atom. The molecule has 0 bridgehead atoms. The maximum absolute atomic E-state index is 2.53. The van der Waals surface area contributed by atoms with Gasteiger partial charge in [-0.15, -0.1) is 11.3 Å². The molecule has 0 N–H and O–H groups in total. The molecule has 1 aliphatic rings. The third-order valence-electron chi connectivity index (χ3n) is 10.8. The number of benzene rings is 8. The second kappa shape index (κ2) is 11.7. The summed E-state index contributed by atoms with van der Waals surface area (Å²) in [4.78, 5) is 2.44. The van der Waals surface area contributed by atoms with E-state index in [1.54, 1.807) is 5.19 Å². The molecule has 3 heteroatoms. The molecular formula is C48H35NSSi. The SMILES string of the molecule is C[Si]1(C)c2cc(N(c3ccc(-c4ccc5ccccc5c4)cc3)c3cccc(-c4ccccc4)c3)ccc2-c2c1ccc1sc3ccccc3c21. The van der Waals surface area contributed by atoms with Gasteiger partial charge in [0.05, 0.1) is 0 Å². The average Bonchev–Trinajstić information content (AvgIpc) is 3.67. The highest BCUT2D eigenvalue weighted by Crippen LogP contribution is 2.44. The van der Waals surface area contributed by atoms with Gasteiger partial charge in [-0.25, -0.2) is 0 Å². The van der Waals surface area contributed by atoms with Crippen molar-refractivity contribution in [1.82, 2.24) is 0 Å². The lowest BCUT2D eigenvalue weighted by Crippen LogP contribution is -2.49. The van der Waals surface area contributed by atoms with Gasteiger partial charge < -0.3 is 4.90 Å². The predicted octanol–water partition coefficient (Wildman–Crippen LogP) is 12.8. The smallest absolute Gasteiger partial charge is 0.113 e. The van der Waals surface area contributed by atoms with Crippen LogP contribution in [0.15, 0.2) is 176 Å². The number of anilines is 3. The van der Waals surface area contributed by atoms with Crippen LogP contribution < -0.4 is 15.3 Å². The minimum atomic E-state index is -2.00. The molecule has 0 unspecified atom stereocenters. The summed E-state index contributed by atoms with van der Waals surface area (Å²) in [5.41, 5.74) is 11.2. The number of hydrogen-bond acceptors (Lipinski definition) is 2. The first-order valence-corrected chi connectivity index (χ1v) is 21.5.